The molecule has 1 aliphatic carbocycles. The molecule has 1 heterocycles. The summed E-state index contributed by atoms with van der Waals surface area (Å²) in [4.78, 5) is 11.6. The van der Waals surface area contributed by atoms with Gasteiger partial charge in [-0.25, -0.2) is 0 Å². The van der Waals surface area contributed by atoms with E-state index >= 15 is 0 Å². The monoisotopic (exact) mass is 185 g/mol. The molecule has 2 rings (SSSR count). The molecule has 1 saturated heterocycles. The number of aliphatic hydroxyl groups excluding tert-OH is 1. The highest BCUT2D eigenvalue weighted by molar-refractivity contribution is 5.84. The van der Waals surface area contributed by atoms with Crippen molar-refractivity contribution in [3.8, 4) is 0 Å². The van der Waals surface area contributed by atoms with Crippen LogP contribution < -0.4 is 5.32 Å². The summed E-state index contributed by atoms with van der Waals surface area (Å²) in [7, 11) is 0. The zero-order chi connectivity index (χ0) is 9.31. The van der Waals surface area contributed by atoms with Crippen molar-refractivity contribution in [2.24, 2.45) is 5.41 Å². The van der Waals surface area contributed by atoms with Gasteiger partial charge in [0.1, 0.15) is 5.41 Å². The van der Waals surface area contributed by atoms with E-state index in [9.17, 15) is 4.79 Å². The van der Waals surface area contributed by atoms with E-state index in [1.807, 2.05) is 0 Å². The van der Waals surface area contributed by atoms with Crippen molar-refractivity contribution in [3.63, 3.8) is 0 Å². The van der Waals surface area contributed by atoms with Crippen LogP contribution in [-0.4, -0.2) is 36.9 Å². The van der Waals surface area contributed by atoms with Crippen molar-refractivity contribution in [1.29, 1.82) is 0 Å². The first-order valence-electron chi connectivity index (χ1n) is 4.76. The number of amides is 1. The highest BCUT2D eigenvalue weighted by Crippen LogP contribution is 2.28. The first-order chi connectivity index (χ1) is 6.27. The predicted octanol–water partition coefficient (Wildman–Crippen LogP) is -0.336. The molecule has 0 aromatic carbocycles. The average molecular weight is 185 g/mol. The maximum atomic E-state index is 11.6. The Morgan fingerprint density at radius 3 is 2.54 bits per heavy atom. The zero-order valence-corrected chi connectivity index (χ0v) is 7.58. The van der Waals surface area contributed by atoms with Crippen LogP contribution in [0.15, 0.2) is 0 Å². The topological polar surface area (TPSA) is 58.6 Å². The van der Waals surface area contributed by atoms with E-state index in [2.05, 4.69) is 5.32 Å². The summed E-state index contributed by atoms with van der Waals surface area (Å²) in [6, 6.07) is 0.344. The molecule has 0 aromatic heterocycles. The Kier molecular flexibility index (Phi) is 2.26. The Labute approximate surface area is 77.3 Å². The van der Waals surface area contributed by atoms with E-state index in [1.165, 1.54) is 6.42 Å². The fourth-order valence-electron chi connectivity index (χ4n) is 1.53. The summed E-state index contributed by atoms with van der Waals surface area (Å²) < 4.78 is 4.96. The molecule has 0 bridgehead atoms. The third-order valence-electron chi connectivity index (χ3n) is 2.98. The molecule has 1 saturated carbocycles. The van der Waals surface area contributed by atoms with Crippen LogP contribution in [0.1, 0.15) is 19.3 Å². The third kappa shape index (κ3) is 1.44. The maximum absolute atomic E-state index is 11.6. The van der Waals surface area contributed by atoms with Gasteiger partial charge in [-0.05, 0) is 19.3 Å². The van der Waals surface area contributed by atoms with Gasteiger partial charge in [-0.2, -0.15) is 0 Å². The standard InChI is InChI=1S/C9H15NO3/c11-4-9(5-13-6-9)8(12)10-7-2-1-3-7/h7,11H,1-6H2,(H,10,12). The van der Waals surface area contributed by atoms with Crippen LogP contribution in [0.5, 0.6) is 0 Å². The van der Waals surface area contributed by atoms with Gasteiger partial charge in [-0.3, -0.25) is 4.79 Å². The number of hydrogen-bond donors (Lipinski definition) is 2. The van der Waals surface area contributed by atoms with Gasteiger partial charge in [0.05, 0.1) is 19.8 Å². The van der Waals surface area contributed by atoms with Gasteiger partial charge in [0.25, 0.3) is 0 Å². The molecule has 0 unspecified atom stereocenters. The number of aliphatic hydroxyl groups is 1. The second kappa shape index (κ2) is 3.27. The molecule has 0 radical (unpaired) electrons. The van der Waals surface area contributed by atoms with Crippen LogP contribution in [0.3, 0.4) is 0 Å². The molecular weight excluding hydrogens is 170 g/mol. The van der Waals surface area contributed by atoms with Gasteiger partial charge in [-0.15, -0.1) is 0 Å². The second-order valence-corrected chi connectivity index (χ2v) is 4.03. The van der Waals surface area contributed by atoms with Crippen molar-refractivity contribution in [1.82, 2.24) is 5.32 Å². The van der Waals surface area contributed by atoms with Crippen molar-refractivity contribution in [2.75, 3.05) is 19.8 Å². The van der Waals surface area contributed by atoms with E-state index in [4.69, 9.17) is 9.84 Å². The molecule has 13 heavy (non-hydrogen) atoms. The Balaban J connectivity index is 1.87. The molecule has 0 atom stereocenters. The summed E-state index contributed by atoms with van der Waals surface area (Å²) in [5.41, 5.74) is -0.629. The van der Waals surface area contributed by atoms with Gasteiger partial charge in [-0.1, -0.05) is 0 Å². The van der Waals surface area contributed by atoms with Crippen LogP contribution in [0.25, 0.3) is 0 Å². The minimum absolute atomic E-state index is 0.0362. The SMILES string of the molecule is O=C(NC1CCC1)C1(CO)COC1. The van der Waals surface area contributed by atoms with Gasteiger partial charge in [0, 0.05) is 6.04 Å². The zero-order valence-electron chi connectivity index (χ0n) is 7.58. The Hall–Kier alpha value is -0.610. The summed E-state index contributed by atoms with van der Waals surface area (Å²) >= 11 is 0. The van der Waals surface area contributed by atoms with E-state index in [0.29, 0.717) is 19.3 Å². The maximum Gasteiger partial charge on any atom is 0.233 e. The molecule has 4 heteroatoms. The number of rotatable bonds is 3. The normalized spacial score (nSPS) is 25.9. The number of nitrogens with one attached hydrogen (secondary N) is 1. The lowest BCUT2D eigenvalue weighted by atomic mass is 9.84. The highest BCUT2D eigenvalue weighted by Gasteiger charge is 2.46. The predicted molar refractivity (Wildman–Crippen MR) is 46.1 cm³/mol. The Morgan fingerprint density at radius 1 is 1.54 bits per heavy atom. The molecule has 74 valence electrons. The lowest BCUT2D eigenvalue weighted by Crippen LogP contribution is -2.58. The van der Waals surface area contributed by atoms with Gasteiger partial charge < -0.3 is 15.2 Å². The number of carbonyl (C=O) groups excluding carboxylic acids is 1. The molecule has 1 aliphatic heterocycles. The third-order valence-corrected chi connectivity index (χ3v) is 2.98. The molecule has 2 N–H and O–H groups in total. The van der Waals surface area contributed by atoms with Crippen LogP contribution in [-0.2, 0) is 9.53 Å². The lowest BCUT2D eigenvalue weighted by molar-refractivity contribution is -0.171. The van der Waals surface area contributed by atoms with E-state index in [1.54, 1.807) is 0 Å². The summed E-state index contributed by atoms with van der Waals surface area (Å²) in [5, 5.41) is 12.0. The van der Waals surface area contributed by atoms with E-state index in [-0.39, 0.29) is 12.5 Å². The molecule has 1 amide bonds. The van der Waals surface area contributed by atoms with Crippen LogP contribution >= 0.6 is 0 Å². The van der Waals surface area contributed by atoms with Crippen molar-refractivity contribution in [2.45, 2.75) is 25.3 Å². The fourth-order valence-corrected chi connectivity index (χ4v) is 1.53. The Morgan fingerprint density at radius 2 is 2.23 bits per heavy atom. The molecule has 2 fully saturated rings. The first-order valence-corrected chi connectivity index (χ1v) is 4.76. The molecule has 0 spiro atoms. The van der Waals surface area contributed by atoms with Crippen LogP contribution in [0.4, 0.5) is 0 Å². The largest absolute Gasteiger partial charge is 0.395 e. The van der Waals surface area contributed by atoms with Crippen molar-refractivity contribution < 1.29 is 14.6 Å². The van der Waals surface area contributed by atoms with Gasteiger partial charge >= 0.3 is 0 Å². The second-order valence-electron chi connectivity index (χ2n) is 4.03. The smallest absolute Gasteiger partial charge is 0.233 e. The Bertz CT molecular complexity index is 203. The minimum Gasteiger partial charge on any atom is -0.395 e. The minimum atomic E-state index is -0.629. The van der Waals surface area contributed by atoms with Gasteiger partial charge in [0.2, 0.25) is 5.91 Å². The van der Waals surface area contributed by atoms with Crippen molar-refractivity contribution >= 4 is 5.91 Å². The first kappa shape index (κ1) is 8.97. The molecular formula is C9H15NO3. The summed E-state index contributed by atoms with van der Waals surface area (Å²) in [6.07, 6.45) is 3.36. The van der Waals surface area contributed by atoms with Crippen molar-refractivity contribution in [3.05, 3.63) is 0 Å². The average Bonchev–Trinajstić information content (AvgIpc) is 1.96. The fraction of sp³-hybridized carbons (Fsp3) is 0.889. The summed E-state index contributed by atoms with van der Waals surface area (Å²) in [6.45, 7) is 0.621. The highest BCUT2D eigenvalue weighted by atomic mass is 16.5. The van der Waals surface area contributed by atoms with E-state index < -0.39 is 5.41 Å². The summed E-state index contributed by atoms with van der Waals surface area (Å²) in [5.74, 6) is -0.0362. The number of carbonyl (C=O) groups is 1. The van der Waals surface area contributed by atoms with Crippen LogP contribution in [0.2, 0.25) is 0 Å². The number of hydrogen-bond acceptors (Lipinski definition) is 3. The van der Waals surface area contributed by atoms with Crippen LogP contribution in [0, 0.1) is 5.41 Å². The molecule has 0 aromatic rings. The quantitative estimate of drug-likeness (QED) is 0.632. The number of ether oxygens (including phenoxy) is 1. The lowest BCUT2D eigenvalue weighted by Gasteiger charge is -2.40. The van der Waals surface area contributed by atoms with E-state index in [0.717, 1.165) is 12.8 Å². The molecule has 2 aliphatic rings. The van der Waals surface area contributed by atoms with Gasteiger partial charge in [0.15, 0.2) is 0 Å². The molecule has 4 nitrogen and oxygen atoms in total.